The summed E-state index contributed by atoms with van der Waals surface area (Å²) >= 11 is 13.6. The van der Waals surface area contributed by atoms with E-state index in [0.717, 1.165) is 5.56 Å². The third kappa shape index (κ3) is 3.34. The number of nitrogen functional groups attached to an aromatic ring is 1. The summed E-state index contributed by atoms with van der Waals surface area (Å²) in [6.45, 7) is 0. The van der Waals surface area contributed by atoms with Crippen LogP contribution in [0.4, 0.5) is 5.69 Å². The van der Waals surface area contributed by atoms with E-state index in [1.807, 2.05) is 12.3 Å². The first kappa shape index (κ1) is 17.0. The van der Waals surface area contributed by atoms with E-state index in [-0.39, 0.29) is 5.25 Å². The van der Waals surface area contributed by atoms with Gasteiger partial charge in [-0.25, -0.2) is 0 Å². The second-order valence-electron chi connectivity index (χ2n) is 4.29. The lowest BCUT2D eigenvalue weighted by atomic mass is 10.1. The molecule has 5 nitrogen and oxygen atoms in total. The van der Waals surface area contributed by atoms with E-state index in [4.69, 9.17) is 38.4 Å². The van der Waals surface area contributed by atoms with Gasteiger partial charge >= 0.3 is 0 Å². The molecule has 1 unspecified atom stereocenters. The number of anilines is 1. The summed E-state index contributed by atoms with van der Waals surface area (Å²) in [5, 5.41) is 0.513. The monoisotopic (exact) mass is 359 g/mol. The standard InChI is InChI=1S/C14H15Cl2N3O2S/c1-20-9-6-10(21-2)19-14(18-9)13(22-3)7-4-5-8(15)11(16)12(7)17/h4-6,13H,17H2,1-3H3. The van der Waals surface area contributed by atoms with Crippen LogP contribution in [-0.2, 0) is 0 Å². The van der Waals surface area contributed by atoms with E-state index in [0.29, 0.717) is 33.3 Å². The molecule has 0 amide bonds. The molecule has 0 saturated carbocycles. The van der Waals surface area contributed by atoms with Gasteiger partial charge in [-0.1, -0.05) is 29.3 Å². The van der Waals surface area contributed by atoms with Gasteiger partial charge in [-0.3, -0.25) is 0 Å². The third-order valence-electron chi connectivity index (χ3n) is 3.03. The summed E-state index contributed by atoms with van der Waals surface area (Å²) in [5.41, 5.74) is 7.30. The fourth-order valence-corrected chi connectivity index (χ4v) is 3.04. The smallest absolute Gasteiger partial charge is 0.220 e. The maximum atomic E-state index is 6.13. The van der Waals surface area contributed by atoms with Gasteiger partial charge in [0.25, 0.3) is 0 Å². The maximum Gasteiger partial charge on any atom is 0.220 e. The Kier molecular flexibility index (Phi) is 5.61. The Labute approximate surface area is 143 Å². The minimum atomic E-state index is -0.223. The number of nitrogens with two attached hydrogens (primary N) is 1. The Morgan fingerprint density at radius 3 is 2.23 bits per heavy atom. The van der Waals surface area contributed by atoms with E-state index in [1.165, 1.54) is 26.0 Å². The Balaban J connectivity index is 2.55. The molecular weight excluding hydrogens is 345 g/mol. The number of hydrogen-bond donors (Lipinski definition) is 1. The van der Waals surface area contributed by atoms with E-state index in [9.17, 15) is 0 Å². The van der Waals surface area contributed by atoms with Gasteiger partial charge in [0.1, 0.15) is 0 Å². The highest BCUT2D eigenvalue weighted by molar-refractivity contribution is 7.99. The van der Waals surface area contributed by atoms with Gasteiger partial charge in [-0.2, -0.15) is 9.97 Å². The molecule has 2 N–H and O–H groups in total. The maximum absolute atomic E-state index is 6.13. The minimum Gasteiger partial charge on any atom is -0.481 e. The number of nitrogens with zero attached hydrogens (tertiary/aromatic N) is 2. The van der Waals surface area contributed by atoms with Gasteiger partial charge in [0.2, 0.25) is 11.8 Å². The molecule has 118 valence electrons. The van der Waals surface area contributed by atoms with Crippen LogP contribution < -0.4 is 15.2 Å². The van der Waals surface area contributed by atoms with Crippen LogP contribution in [0.2, 0.25) is 10.0 Å². The van der Waals surface area contributed by atoms with Crippen LogP contribution in [-0.4, -0.2) is 30.4 Å². The lowest BCUT2D eigenvalue weighted by Gasteiger charge is -2.18. The van der Waals surface area contributed by atoms with Crippen molar-refractivity contribution in [2.45, 2.75) is 5.25 Å². The Hall–Kier alpha value is -1.37. The van der Waals surface area contributed by atoms with Crippen molar-refractivity contribution in [1.82, 2.24) is 9.97 Å². The topological polar surface area (TPSA) is 70.3 Å². The van der Waals surface area contributed by atoms with Crippen molar-refractivity contribution in [3.63, 3.8) is 0 Å². The normalized spacial score (nSPS) is 12.0. The highest BCUT2D eigenvalue weighted by atomic mass is 35.5. The molecule has 0 radical (unpaired) electrons. The number of hydrogen-bond acceptors (Lipinski definition) is 6. The lowest BCUT2D eigenvalue weighted by molar-refractivity contribution is 0.368. The van der Waals surface area contributed by atoms with Crippen molar-refractivity contribution in [3.8, 4) is 11.8 Å². The number of halogens is 2. The van der Waals surface area contributed by atoms with E-state index >= 15 is 0 Å². The first-order valence-corrected chi connectivity index (χ1v) is 8.29. The zero-order valence-electron chi connectivity index (χ0n) is 12.3. The third-order valence-corrected chi connectivity index (χ3v) is 4.79. The number of benzene rings is 1. The van der Waals surface area contributed by atoms with Crippen LogP contribution in [0.25, 0.3) is 0 Å². The molecule has 1 aromatic carbocycles. The van der Waals surface area contributed by atoms with Crippen molar-refractivity contribution in [2.75, 3.05) is 26.2 Å². The SMILES string of the molecule is COc1cc(OC)nc(C(SC)c2ccc(Cl)c(Cl)c2N)n1. The molecule has 0 aliphatic carbocycles. The average Bonchev–Trinajstić information content (AvgIpc) is 2.55. The molecule has 2 aromatic rings. The second kappa shape index (κ2) is 7.26. The number of rotatable bonds is 5. The number of aromatic nitrogens is 2. The molecule has 0 aliphatic rings. The van der Waals surface area contributed by atoms with Gasteiger partial charge in [0, 0.05) is 0 Å². The van der Waals surface area contributed by atoms with Gasteiger partial charge in [-0.15, -0.1) is 11.8 Å². The zero-order chi connectivity index (χ0) is 16.3. The van der Waals surface area contributed by atoms with Crippen LogP contribution in [0.1, 0.15) is 16.6 Å². The Morgan fingerprint density at radius 2 is 1.73 bits per heavy atom. The van der Waals surface area contributed by atoms with Gasteiger partial charge < -0.3 is 15.2 Å². The zero-order valence-corrected chi connectivity index (χ0v) is 14.6. The molecule has 0 aliphatic heterocycles. The van der Waals surface area contributed by atoms with Gasteiger partial charge in [0.05, 0.1) is 41.3 Å². The van der Waals surface area contributed by atoms with Crippen molar-refractivity contribution in [1.29, 1.82) is 0 Å². The summed E-state index contributed by atoms with van der Waals surface area (Å²) in [7, 11) is 3.07. The van der Waals surface area contributed by atoms with Gasteiger partial charge in [0.15, 0.2) is 5.82 Å². The number of methoxy groups -OCH3 is 2. The molecule has 1 atom stereocenters. The van der Waals surface area contributed by atoms with Crippen molar-refractivity contribution in [3.05, 3.63) is 39.6 Å². The van der Waals surface area contributed by atoms with Crippen LogP contribution in [0, 0.1) is 0 Å². The summed E-state index contributed by atoms with van der Waals surface area (Å²) in [5.74, 6) is 1.35. The summed E-state index contributed by atoms with van der Waals surface area (Å²) in [6.07, 6.45) is 1.93. The number of thioether (sulfide) groups is 1. The van der Waals surface area contributed by atoms with E-state index < -0.39 is 0 Å². The molecule has 0 bridgehead atoms. The fourth-order valence-electron chi connectivity index (χ4n) is 1.93. The number of ether oxygens (including phenoxy) is 2. The van der Waals surface area contributed by atoms with Crippen LogP contribution in [0.5, 0.6) is 11.8 Å². The van der Waals surface area contributed by atoms with E-state index in [1.54, 1.807) is 12.1 Å². The quantitative estimate of drug-likeness (QED) is 0.817. The fraction of sp³-hybridized carbons (Fsp3) is 0.286. The Bertz CT molecular complexity index is 663. The molecule has 8 heteroatoms. The van der Waals surface area contributed by atoms with Crippen molar-refractivity contribution < 1.29 is 9.47 Å². The molecule has 0 spiro atoms. The molecule has 22 heavy (non-hydrogen) atoms. The first-order chi connectivity index (χ1) is 10.5. The molecular formula is C14H15Cl2N3O2S. The van der Waals surface area contributed by atoms with Crippen LogP contribution in [0.15, 0.2) is 18.2 Å². The molecule has 1 heterocycles. The minimum absolute atomic E-state index is 0.223. The van der Waals surface area contributed by atoms with Gasteiger partial charge in [-0.05, 0) is 17.9 Å². The predicted octanol–water partition coefficient (Wildman–Crippen LogP) is 3.84. The summed E-state index contributed by atoms with van der Waals surface area (Å²) < 4.78 is 10.4. The van der Waals surface area contributed by atoms with Crippen LogP contribution in [0.3, 0.4) is 0 Å². The highest BCUT2D eigenvalue weighted by Gasteiger charge is 2.22. The summed E-state index contributed by atoms with van der Waals surface area (Å²) in [6, 6.07) is 5.13. The van der Waals surface area contributed by atoms with Crippen molar-refractivity contribution >= 4 is 40.7 Å². The summed E-state index contributed by atoms with van der Waals surface area (Å²) in [4.78, 5) is 8.75. The van der Waals surface area contributed by atoms with Crippen molar-refractivity contribution in [2.24, 2.45) is 0 Å². The highest BCUT2D eigenvalue weighted by Crippen LogP contribution is 2.41. The predicted molar refractivity (Wildman–Crippen MR) is 91.4 cm³/mol. The molecule has 0 saturated heterocycles. The molecule has 1 aromatic heterocycles. The lowest BCUT2D eigenvalue weighted by Crippen LogP contribution is -2.08. The second-order valence-corrected chi connectivity index (χ2v) is 6.02. The first-order valence-electron chi connectivity index (χ1n) is 6.25. The molecule has 0 fully saturated rings. The van der Waals surface area contributed by atoms with Crippen LogP contribution >= 0.6 is 35.0 Å². The average molecular weight is 360 g/mol. The molecule has 2 rings (SSSR count). The van der Waals surface area contributed by atoms with E-state index in [2.05, 4.69) is 9.97 Å². The largest absolute Gasteiger partial charge is 0.481 e. The Morgan fingerprint density at radius 1 is 1.14 bits per heavy atom.